The second-order valence-electron chi connectivity index (χ2n) is 5.64. The quantitative estimate of drug-likeness (QED) is 0.769. The third-order valence-corrected chi connectivity index (χ3v) is 3.74. The molecule has 0 fully saturated rings. The SMILES string of the molecule is CCn1ccc(C(=O)Nc2ccc(-n3nc(C(F)(F)F)cc3C)cc2)n1. The van der Waals surface area contributed by atoms with Gasteiger partial charge in [0.25, 0.3) is 5.91 Å². The number of hydrogen-bond acceptors (Lipinski definition) is 3. The summed E-state index contributed by atoms with van der Waals surface area (Å²) in [6.45, 7) is 4.11. The molecule has 0 bridgehead atoms. The van der Waals surface area contributed by atoms with Crippen LogP contribution in [0.25, 0.3) is 5.69 Å². The van der Waals surface area contributed by atoms with Crippen molar-refractivity contribution < 1.29 is 18.0 Å². The van der Waals surface area contributed by atoms with Crippen molar-refractivity contribution in [1.29, 1.82) is 0 Å². The molecule has 9 heteroatoms. The molecule has 0 radical (unpaired) electrons. The van der Waals surface area contributed by atoms with Crippen LogP contribution in [0.5, 0.6) is 0 Å². The number of benzene rings is 1. The highest BCUT2D eigenvalue weighted by Gasteiger charge is 2.34. The van der Waals surface area contributed by atoms with Gasteiger partial charge in [-0.25, -0.2) is 4.68 Å². The summed E-state index contributed by atoms with van der Waals surface area (Å²) < 4.78 is 41.1. The van der Waals surface area contributed by atoms with Gasteiger partial charge in [0.2, 0.25) is 0 Å². The first-order chi connectivity index (χ1) is 12.3. The Morgan fingerprint density at radius 3 is 2.38 bits per heavy atom. The molecule has 26 heavy (non-hydrogen) atoms. The third-order valence-electron chi connectivity index (χ3n) is 3.74. The largest absolute Gasteiger partial charge is 0.435 e. The standard InChI is InChI=1S/C17H16F3N5O/c1-3-24-9-8-14(22-24)16(26)21-12-4-6-13(7-5-12)25-11(2)10-15(23-25)17(18,19)20/h4-10H,3H2,1-2H3,(H,21,26). The fourth-order valence-corrected chi connectivity index (χ4v) is 2.41. The van der Waals surface area contributed by atoms with Gasteiger partial charge >= 0.3 is 6.18 Å². The van der Waals surface area contributed by atoms with Gasteiger partial charge in [0, 0.05) is 24.1 Å². The molecule has 0 atom stereocenters. The molecule has 1 aromatic carbocycles. The fraction of sp³-hybridized carbons (Fsp3) is 0.235. The lowest BCUT2D eigenvalue weighted by Gasteiger charge is -2.07. The Bertz CT molecular complexity index is 925. The number of rotatable bonds is 4. The smallest absolute Gasteiger partial charge is 0.321 e. The van der Waals surface area contributed by atoms with Crippen LogP contribution in [0.1, 0.15) is 28.8 Å². The van der Waals surface area contributed by atoms with E-state index in [1.54, 1.807) is 48.1 Å². The number of anilines is 1. The van der Waals surface area contributed by atoms with E-state index in [1.165, 1.54) is 4.68 Å². The molecule has 0 saturated carbocycles. The van der Waals surface area contributed by atoms with Crippen LogP contribution in [0.3, 0.4) is 0 Å². The molecule has 0 aliphatic carbocycles. The number of hydrogen-bond donors (Lipinski definition) is 1. The maximum atomic E-state index is 12.8. The zero-order chi connectivity index (χ0) is 18.9. The first-order valence-corrected chi connectivity index (χ1v) is 7.87. The first-order valence-electron chi connectivity index (χ1n) is 7.87. The molecule has 3 aromatic rings. The van der Waals surface area contributed by atoms with Gasteiger partial charge in [0.05, 0.1) is 5.69 Å². The lowest BCUT2D eigenvalue weighted by atomic mass is 10.2. The van der Waals surface area contributed by atoms with Gasteiger partial charge in [-0.2, -0.15) is 23.4 Å². The lowest BCUT2D eigenvalue weighted by Crippen LogP contribution is -2.13. The Morgan fingerprint density at radius 2 is 1.85 bits per heavy atom. The topological polar surface area (TPSA) is 64.7 Å². The van der Waals surface area contributed by atoms with Crippen molar-refractivity contribution in [3.8, 4) is 5.69 Å². The zero-order valence-electron chi connectivity index (χ0n) is 14.1. The van der Waals surface area contributed by atoms with Crippen molar-refractivity contribution in [1.82, 2.24) is 19.6 Å². The van der Waals surface area contributed by atoms with Gasteiger partial charge < -0.3 is 5.32 Å². The van der Waals surface area contributed by atoms with E-state index < -0.39 is 11.9 Å². The van der Waals surface area contributed by atoms with E-state index in [9.17, 15) is 18.0 Å². The normalized spacial score (nSPS) is 11.6. The minimum absolute atomic E-state index is 0.286. The predicted octanol–water partition coefficient (Wildman–Crippen LogP) is 3.67. The zero-order valence-corrected chi connectivity index (χ0v) is 14.1. The van der Waals surface area contributed by atoms with Crippen molar-refractivity contribution >= 4 is 11.6 Å². The highest BCUT2D eigenvalue weighted by atomic mass is 19.4. The molecule has 0 unspecified atom stereocenters. The monoisotopic (exact) mass is 363 g/mol. The lowest BCUT2D eigenvalue weighted by molar-refractivity contribution is -0.141. The van der Waals surface area contributed by atoms with Gasteiger partial charge in [-0.3, -0.25) is 9.48 Å². The van der Waals surface area contributed by atoms with E-state index in [2.05, 4.69) is 15.5 Å². The minimum atomic E-state index is -4.49. The van der Waals surface area contributed by atoms with Crippen molar-refractivity contribution in [2.75, 3.05) is 5.32 Å². The molecule has 2 heterocycles. The fourth-order valence-electron chi connectivity index (χ4n) is 2.41. The van der Waals surface area contributed by atoms with E-state index >= 15 is 0 Å². The van der Waals surface area contributed by atoms with Crippen molar-refractivity contribution in [2.24, 2.45) is 0 Å². The number of aryl methyl sites for hydroxylation is 2. The number of nitrogens with zero attached hydrogens (tertiary/aromatic N) is 4. The van der Waals surface area contributed by atoms with Gasteiger partial charge in [0.1, 0.15) is 0 Å². The molecule has 2 aromatic heterocycles. The molecule has 3 rings (SSSR count). The minimum Gasteiger partial charge on any atom is -0.321 e. The molecule has 1 N–H and O–H groups in total. The molecule has 6 nitrogen and oxygen atoms in total. The van der Waals surface area contributed by atoms with E-state index in [-0.39, 0.29) is 11.6 Å². The molecule has 0 aliphatic heterocycles. The van der Waals surface area contributed by atoms with Crippen LogP contribution >= 0.6 is 0 Å². The van der Waals surface area contributed by atoms with E-state index in [0.29, 0.717) is 23.6 Å². The number of alkyl halides is 3. The van der Waals surface area contributed by atoms with Crippen LogP contribution in [-0.4, -0.2) is 25.5 Å². The Labute approximate surface area is 147 Å². The Morgan fingerprint density at radius 1 is 1.15 bits per heavy atom. The first kappa shape index (κ1) is 17.7. The van der Waals surface area contributed by atoms with Crippen LogP contribution in [0, 0.1) is 6.92 Å². The predicted molar refractivity (Wildman–Crippen MR) is 89.2 cm³/mol. The summed E-state index contributed by atoms with van der Waals surface area (Å²) in [5, 5.41) is 10.4. The number of aromatic nitrogens is 4. The van der Waals surface area contributed by atoms with Crippen LogP contribution in [-0.2, 0) is 12.7 Å². The number of carbonyl (C=O) groups is 1. The van der Waals surface area contributed by atoms with Crippen LogP contribution in [0.4, 0.5) is 18.9 Å². The average Bonchev–Trinajstić information content (AvgIpc) is 3.22. The molecule has 0 saturated heterocycles. The van der Waals surface area contributed by atoms with Crippen molar-refractivity contribution in [3.63, 3.8) is 0 Å². The molecule has 0 aliphatic rings. The summed E-state index contributed by atoms with van der Waals surface area (Å²) in [5.41, 5.74) is 0.670. The summed E-state index contributed by atoms with van der Waals surface area (Å²) in [6.07, 6.45) is -2.79. The highest BCUT2D eigenvalue weighted by Crippen LogP contribution is 2.29. The van der Waals surface area contributed by atoms with Crippen LogP contribution < -0.4 is 5.32 Å². The molecule has 136 valence electrons. The molecule has 1 amide bonds. The summed E-state index contributed by atoms with van der Waals surface area (Å²) in [5.74, 6) is -0.362. The van der Waals surface area contributed by atoms with Crippen molar-refractivity contribution in [2.45, 2.75) is 26.6 Å². The molecule has 0 spiro atoms. The second kappa shape index (κ2) is 6.66. The molecular weight excluding hydrogens is 347 g/mol. The number of halogens is 3. The van der Waals surface area contributed by atoms with Crippen LogP contribution in [0.2, 0.25) is 0 Å². The van der Waals surface area contributed by atoms with Crippen molar-refractivity contribution in [3.05, 3.63) is 59.7 Å². The van der Waals surface area contributed by atoms with E-state index in [1.807, 2.05) is 6.92 Å². The highest BCUT2D eigenvalue weighted by molar-refractivity contribution is 6.02. The average molecular weight is 363 g/mol. The van der Waals surface area contributed by atoms with E-state index in [0.717, 1.165) is 6.07 Å². The summed E-state index contributed by atoms with van der Waals surface area (Å²) in [4.78, 5) is 12.1. The molecular formula is C17H16F3N5O. The van der Waals surface area contributed by atoms with Gasteiger partial charge in [-0.1, -0.05) is 0 Å². The van der Waals surface area contributed by atoms with Gasteiger partial charge in [0.15, 0.2) is 11.4 Å². The Kier molecular flexibility index (Phi) is 4.54. The summed E-state index contributed by atoms with van der Waals surface area (Å²) >= 11 is 0. The maximum Gasteiger partial charge on any atom is 0.435 e. The summed E-state index contributed by atoms with van der Waals surface area (Å²) in [6, 6.07) is 8.95. The van der Waals surface area contributed by atoms with Gasteiger partial charge in [-0.05, 0) is 50.2 Å². The Hall–Kier alpha value is -3.10. The number of amides is 1. The Balaban J connectivity index is 1.76. The second-order valence-corrected chi connectivity index (χ2v) is 5.64. The number of nitrogens with one attached hydrogen (secondary N) is 1. The summed E-state index contributed by atoms with van der Waals surface area (Å²) in [7, 11) is 0. The maximum absolute atomic E-state index is 12.8. The van der Waals surface area contributed by atoms with Gasteiger partial charge in [-0.15, -0.1) is 0 Å². The van der Waals surface area contributed by atoms with E-state index in [4.69, 9.17) is 0 Å². The van der Waals surface area contributed by atoms with Crippen LogP contribution in [0.15, 0.2) is 42.6 Å². The number of carbonyl (C=O) groups excluding carboxylic acids is 1. The third kappa shape index (κ3) is 3.61.